The van der Waals surface area contributed by atoms with Gasteiger partial charge in [0.15, 0.2) is 0 Å². The molecule has 2 aliphatic rings. The zero-order valence-electron chi connectivity index (χ0n) is 10.9. The summed E-state index contributed by atoms with van der Waals surface area (Å²) >= 11 is 0. The molecular weight excluding hydrogens is 226 g/mol. The summed E-state index contributed by atoms with van der Waals surface area (Å²) in [6.07, 6.45) is 7.16. The van der Waals surface area contributed by atoms with Gasteiger partial charge in [0.1, 0.15) is 5.76 Å². The van der Waals surface area contributed by atoms with Gasteiger partial charge in [-0.2, -0.15) is 0 Å². The summed E-state index contributed by atoms with van der Waals surface area (Å²) in [6.45, 7) is 2.08. The van der Waals surface area contributed by atoms with Crippen LogP contribution in [0.15, 0.2) is 22.8 Å². The van der Waals surface area contributed by atoms with Gasteiger partial charge in [0.2, 0.25) is 5.91 Å². The van der Waals surface area contributed by atoms with E-state index in [1.807, 2.05) is 12.1 Å². The van der Waals surface area contributed by atoms with E-state index < -0.39 is 0 Å². The predicted octanol–water partition coefficient (Wildman–Crippen LogP) is 2.76. The maximum atomic E-state index is 12.0. The highest BCUT2D eigenvalue weighted by Crippen LogP contribution is 2.54. The summed E-state index contributed by atoms with van der Waals surface area (Å²) < 4.78 is 5.30. The molecule has 3 unspecified atom stereocenters. The number of amides is 1. The number of hydrogen-bond acceptors (Lipinski definition) is 2. The van der Waals surface area contributed by atoms with E-state index in [1.165, 1.54) is 6.42 Å². The molecule has 1 N–H and O–H groups in total. The molecule has 1 heterocycles. The van der Waals surface area contributed by atoms with Crippen molar-refractivity contribution in [3.63, 3.8) is 0 Å². The fourth-order valence-electron chi connectivity index (χ4n) is 3.18. The molecule has 1 amide bonds. The smallest absolute Gasteiger partial charge is 0.223 e. The molecule has 98 valence electrons. The summed E-state index contributed by atoms with van der Waals surface area (Å²) in [5, 5.41) is 3.14. The van der Waals surface area contributed by atoms with Crippen molar-refractivity contribution in [3.05, 3.63) is 24.2 Å². The van der Waals surface area contributed by atoms with Crippen LogP contribution < -0.4 is 5.32 Å². The van der Waals surface area contributed by atoms with E-state index in [4.69, 9.17) is 4.42 Å². The largest absolute Gasteiger partial charge is 0.469 e. The lowest BCUT2D eigenvalue weighted by atomic mass is 10.0. The van der Waals surface area contributed by atoms with Crippen LogP contribution in [0.4, 0.5) is 0 Å². The van der Waals surface area contributed by atoms with E-state index in [0.29, 0.717) is 5.92 Å². The van der Waals surface area contributed by atoms with Crippen molar-refractivity contribution < 1.29 is 9.21 Å². The molecule has 1 aromatic rings. The van der Waals surface area contributed by atoms with Gasteiger partial charge in [0, 0.05) is 18.4 Å². The normalized spacial score (nSPS) is 30.8. The molecule has 0 aromatic carbocycles. The minimum Gasteiger partial charge on any atom is -0.469 e. The lowest BCUT2D eigenvalue weighted by Gasteiger charge is -2.17. The number of fused-ring (bicyclic) bond motifs is 1. The van der Waals surface area contributed by atoms with Crippen molar-refractivity contribution in [2.45, 2.75) is 45.1 Å². The van der Waals surface area contributed by atoms with E-state index in [9.17, 15) is 4.79 Å². The Balaban J connectivity index is 1.40. The Morgan fingerprint density at radius 1 is 1.44 bits per heavy atom. The zero-order chi connectivity index (χ0) is 12.5. The standard InChI is InChI=1S/C15H21NO2/c1-10(4-5-14-3-2-6-18-14)16-15(17)13-8-11-7-12(11)9-13/h2-3,6,10-13H,4-5,7-9H2,1H3,(H,16,17). The molecule has 3 nitrogen and oxygen atoms in total. The first-order chi connectivity index (χ1) is 8.72. The van der Waals surface area contributed by atoms with E-state index >= 15 is 0 Å². The minimum atomic E-state index is 0.236. The van der Waals surface area contributed by atoms with Crippen LogP contribution in [0.3, 0.4) is 0 Å². The van der Waals surface area contributed by atoms with Gasteiger partial charge in [-0.05, 0) is 56.6 Å². The number of nitrogens with one attached hydrogen (secondary N) is 1. The molecular formula is C15H21NO2. The molecule has 2 fully saturated rings. The van der Waals surface area contributed by atoms with Crippen LogP contribution in [-0.2, 0) is 11.2 Å². The molecule has 2 saturated carbocycles. The topological polar surface area (TPSA) is 42.2 Å². The molecule has 3 rings (SSSR count). The summed E-state index contributed by atoms with van der Waals surface area (Å²) in [4.78, 5) is 12.0. The van der Waals surface area contributed by atoms with Crippen molar-refractivity contribution in [2.75, 3.05) is 0 Å². The molecule has 3 heteroatoms. The van der Waals surface area contributed by atoms with Crippen LogP contribution in [0.5, 0.6) is 0 Å². The van der Waals surface area contributed by atoms with Gasteiger partial charge in [-0.1, -0.05) is 0 Å². The predicted molar refractivity (Wildman–Crippen MR) is 69.0 cm³/mol. The summed E-state index contributed by atoms with van der Waals surface area (Å²) in [5.41, 5.74) is 0. The van der Waals surface area contributed by atoms with Gasteiger partial charge in [-0.3, -0.25) is 4.79 Å². The second kappa shape index (κ2) is 4.79. The molecule has 0 aliphatic heterocycles. The fourth-order valence-corrected chi connectivity index (χ4v) is 3.18. The van der Waals surface area contributed by atoms with E-state index in [0.717, 1.165) is 43.3 Å². The Morgan fingerprint density at radius 2 is 2.22 bits per heavy atom. The fraction of sp³-hybridized carbons (Fsp3) is 0.667. The van der Waals surface area contributed by atoms with Crippen molar-refractivity contribution >= 4 is 5.91 Å². The van der Waals surface area contributed by atoms with Crippen molar-refractivity contribution in [1.82, 2.24) is 5.32 Å². The van der Waals surface area contributed by atoms with Crippen LogP contribution in [0.1, 0.15) is 38.4 Å². The van der Waals surface area contributed by atoms with Gasteiger partial charge in [0.05, 0.1) is 6.26 Å². The van der Waals surface area contributed by atoms with Gasteiger partial charge in [-0.25, -0.2) is 0 Å². The van der Waals surface area contributed by atoms with Crippen molar-refractivity contribution in [3.8, 4) is 0 Å². The Hall–Kier alpha value is -1.25. The lowest BCUT2D eigenvalue weighted by Crippen LogP contribution is -2.37. The average Bonchev–Trinajstić information content (AvgIpc) is 2.83. The minimum absolute atomic E-state index is 0.236. The summed E-state index contributed by atoms with van der Waals surface area (Å²) in [6, 6.07) is 4.13. The number of carbonyl (C=O) groups is 1. The Labute approximate surface area is 108 Å². The summed E-state index contributed by atoms with van der Waals surface area (Å²) in [5.74, 6) is 3.31. The van der Waals surface area contributed by atoms with Gasteiger partial charge in [0.25, 0.3) is 0 Å². The summed E-state index contributed by atoms with van der Waals surface area (Å²) in [7, 11) is 0. The van der Waals surface area contributed by atoms with Crippen LogP contribution >= 0.6 is 0 Å². The quantitative estimate of drug-likeness (QED) is 0.869. The molecule has 0 spiro atoms. The van der Waals surface area contributed by atoms with Crippen LogP contribution in [0.2, 0.25) is 0 Å². The van der Waals surface area contributed by atoms with Gasteiger partial charge in [-0.15, -0.1) is 0 Å². The second-order valence-electron chi connectivity index (χ2n) is 5.95. The Morgan fingerprint density at radius 3 is 2.89 bits per heavy atom. The molecule has 0 radical (unpaired) electrons. The first-order valence-corrected chi connectivity index (χ1v) is 7.05. The van der Waals surface area contributed by atoms with Gasteiger partial charge >= 0.3 is 0 Å². The maximum Gasteiger partial charge on any atom is 0.223 e. The van der Waals surface area contributed by atoms with E-state index in [2.05, 4.69) is 12.2 Å². The molecule has 0 bridgehead atoms. The Kier molecular flexibility index (Phi) is 3.14. The SMILES string of the molecule is CC(CCc1ccco1)NC(=O)C1CC2CC2C1. The highest BCUT2D eigenvalue weighted by Gasteiger charge is 2.48. The number of rotatable bonds is 5. The van der Waals surface area contributed by atoms with Gasteiger partial charge < -0.3 is 9.73 Å². The molecule has 2 aliphatic carbocycles. The number of aryl methyl sites for hydroxylation is 1. The Bertz CT molecular complexity index is 402. The third kappa shape index (κ3) is 2.60. The van der Waals surface area contributed by atoms with Crippen LogP contribution in [0.25, 0.3) is 0 Å². The number of carbonyl (C=O) groups excluding carboxylic acids is 1. The number of furan rings is 1. The molecule has 1 aromatic heterocycles. The maximum absolute atomic E-state index is 12.0. The lowest BCUT2D eigenvalue weighted by molar-refractivity contribution is -0.125. The van der Waals surface area contributed by atoms with E-state index in [-0.39, 0.29) is 11.9 Å². The first-order valence-electron chi connectivity index (χ1n) is 7.05. The highest BCUT2D eigenvalue weighted by atomic mass is 16.3. The third-order valence-corrected chi connectivity index (χ3v) is 4.41. The number of hydrogen-bond donors (Lipinski definition) is 1. The van der Waals surface area contributed by atoms with E-state index in [1.54, 1.807) is 6.26 Å². The average molecular weight is 247 g/mol. The first kappa shape index (κ1) is 11.8. The van der Waals surface area contributed by atoms with Crippen molar-refractivity contribution in [1.29, 1.82) is 0 Å². The monoisotopic (exact) mass is 247 g/mol. The highest BCUT2D eigenvalue weighted by molar-refractivity contribution is 5.79. The third-order valence-electron chi connectivity index (χ3n) is 4.41. The second-order valence-corrected chi connectivity index (χ2v) is 5.95. The molecule has 18 heavy (non-hydrogen) atoms. The molecule has 3 atom stereocenters. The molecule has 0 saturated heterocycles. The van der Waals surface area contributed by atoms with Crippen LogP contribution in [0, 0.1) is 17.8 Å². The van der Waals surface area contributed by atoms with Crippen LogP contribution in [-0.4, -0.2) is 11.9 Å². The zero-order valence-corrected chi connectivity index (χ0v) is 10.9. The van der Waals surface area contributed by atoms with Crippen molar-refractivity contribution in [2.24, 2.45) is 17.8 Å².